The quantitative estimate of drug-likeness (QED) is 0.861. The van der Waals surface area contributed by atoms with Crippen LogP contribution in [0.4, 0.5) is 4.79 Å². The van der Waals surface area contributed by atoms with Crippen LogP contribution in [0.2, 0.25) is 0 Å². The van der Waals surface area contributed by atoms with Gasteiger partial charge in [0.25, 0.3) is 10.1 Å². The topological polar surface area (TPSA) is 83.9 Å². The molecule has 1 atom stereocenters. The van der Waals surface area contributed by atoms with Crippen molar-refractivity contribution in [3.8, 4) is 0 Å². The van der Waals surface area contributed by atoms with Crippen LogP contribution in [0.15, 0.2) is 29.2 Å². The van der Waals surface area contributed by atoms with Gasteiger partial charge in [-0.3, -0.25) is 4.18 Å². The highest BCUT2D eigenvalue weighted by atomic mass is 32.2. The molecule has 0 radical (unpaired) electrons. The largest absolute Gasteiger partial charge is 0.465 e. The zero-order valence-electron chi connectivity index (χ0n) is 11.2. The summed E-state index contributed by atoms with van der Waals surface area (Å²) in [5.74, 6) is 0. The Hall–Kier alpha value is -1.60. The Morgan fingerprint density at radius 3 is 2.60 bits per heavy atom. The average Bonchev–Trinajstić information content (AvgIpc) is 2.39. The van der Waals surface area contributed by atoms with Crippen molar-refractivity contribution >= 4 is 16.2 Å². The fourth-order valence-electron chi connectivity index (χ4n) is 2.13. The number of nitrogens with zero attached hydrogens (tertiary/aromatic N) is 1. The van der Waals surface area contributed by atoms with Gasteiger partial charge in [-0.25, -0.2) is 4.79 Å². The number of carbonyl (C=O) groups is 1. The number of likely N-dealkylation sites (tertiary alicyclic amines) is 1. The number of rotatable bonds is 3. The molecule has 0 saturated carbocycles. The molecular formula is C13H17NO5S. The maximum atomic E-state index is 12.1. The molecule has 1 saturated heterocycles. The predicted octanol–water partition coefficient (Wildman–Crippen LogP) is 1.84. The molecule has 0 aliphatic carbocycles. The second kappa shape index (κ2) is 5.80. The third-order valence-electron chi connectivity index (χ3n) is 3.22. The smallest absolute Gasteiger partial charge is 0.407 e. The third kappa shape index (κ3) is 3.49. The molecule has 2 rings (SSSR count). The standard InChI is InChI=1S/C13H17NO5S/c1-10-4-6-12(7-5-10)20(17,18)19-11-3-2-8-14(9-11)13(15)16/h4-7,11H,2-3,8-9H2,1H3,(H,15,16)/t11-/m0/s1. The molecule has 1 aromatic carbocycles. The normalized spacial score (nSPS) is 19.9. The maximum Gasteiger partial charge on any atom is 0.407 e. The van der Waals surface area contributed by atoms with Crippen LogP contribution in [-0.2, 0) is 14.3 Å². The Balaban J connectivity index is 2.08. The van der Waals surface area contributed by atoms with Gasteiger partial charge in [0.1, 0.15) is 0 Å². The second-order valence-corrected chi connectivity index (χ2v) is 6.43. The van der Waals surface area contributed by atoms with Crippen LogP contribution < -0.4 is 0 Å². The zero-order chi connectivity index (χ0) is 14.8. The number of carboxylic acid groups (broad SMARTS) is 1. The molecule has 20 heavy (non-hydrogen) atoms. The Kier molecular flexibility index (Phi) is 4.29. The van der Waals surface area contributed by atoms with Crippen LogP contribution in [0.1, 0.15) is 18.4 Å². The highest BCUT2D eigenvalue weighted by molar-refractivity contribution is 7.86. The van der Waals surface area contributed by atoms with Crippen molar-refractivity contribution < 1.29 is 22.5 Å². The maximum absolute atomic E-state index is 12.1. The summed E-state index contributed by atoms with van der Waals surface area (Å²) < 4.78 is 29.4. The van der Waals surface area contributed by atoms with E-state index in [1.54, 1.807) is 12.1 Å². The van der Waals surface area contributed by atoms with Crippen LogP contribution in [0, 0.1) is 6.92 Å². The van der Waals surface area contributed by atoms with Crippen LogP contribution >= 0.6 is 0 Å². The van der Waals surface area contributed by atoms with Gasteiger partial charge in [0.05, 0.1) is 17.5 Å². The minimum Gasteiger partial charge on any atom is -0.465 e. The van der Waals surface area contributed by atoms with E-state index < -0.39 is 22.3 Å². The average molecular weight is 299 g/mol. The van der Waals surface area contributed by atoms with E-state index in [-0.39, 0.29) is 11.4 Å². The summed E-state index contributed by atoms with van der Waals surface area (Å²) in [5, 5.41) is 8.92. The molecule has 1 aliphatic rings. The summed E-state index contributed by atoms with van der Waals surface area (Å²) in [5.41, 5.74) is 0.957. The fraction of sp³-hybridized carbons (Fsp3) is 0.462. The monoisotopic (exact) mass is 299 g/mol. The number of amides is 1. The van der Waals surface area contributed by atoms with E-state index in [2.05, 4.69) is 0 Å². The third-order valence-corrected chi connectivity index (χ3v) is 4.60. The van der Waals surface area contributed by atoms with Gasteiger partial charge in [0.15, 0.2) is 0 Å². The van der Waals surface area contributed by atoms with Crippen molar-refractivity contribution in [2.45, 2.75) is 30.8 Å². The molecule has 1 amide bonds. The fourth-order valence-corrected chi connectivity index (χ4v) is 3.23. The van der Waals surface area contributed by atoms with Crippen molar-refractivity contribution in [3.63, 3.8) is 0 Å². The molecule has 110 valence electrons. The molecule has 1 N–H and O–H groups in total. The van der Waals surface area contributed by atoms with Gasteiger partial charge >= 0.3 is 6.09 Å². The molecule has 1 fully saturated rings. The highest BCUT2D eigenvalue weighted by Crippen LogP contribution is 2.20. The van der Waals surface area contributed by atoms with Gasteiger partial charge in [-0.2, -0.15) is 8.42 Å². The molecule has 1 aliphatic heterocycles. The Morgan fingerprint density at radius 2 is 2.00 bits per heavy atom. The Labute approximate surface area is 118 Å². The van der Waals surface area contributed by atoms with E-state index in [0.29, 0.717) is 19.4 Å². The van der Waals surface area contributed by atoms with Crippen LogP contribution in [0.5, 0.6) is 0 Å². The molecule has 7 heteroatoms. The SMILES string of the molecule is Cc1ccc(S(=O)(=O)O[C@H]2CCCN(C(=O)O)C2)cc1. The van der Waals surface area contributed by atoms with Crippen LogP contribution in [-0.4, -0.2) is 43.7 Å². The number of hydrogen-bond acceptors (Lipinski definition) is 4. The second-order valence-electron chi connectivity index (χ2n) is 4.86. The van der Waals surface area contributed by atoms with E-state index >= 15 is 0 Å². The first-order valence-electron chi connectivity index (χ1n) is 6.36. The summed E-state index contributed by atoms with van der Waals surface area (Å²) in [6, 6.07) is 6.37. The number of hydrogen-bond donors (Lipinski definition) is 1. The van der Waals surface area contributed by atoms with Crippen molar-refractivity contribution in [2.75, 3.05) is 13.1 Å². The number of aryl methyl sites for hydroxylation is 1. The van der Waals surface area contributed by atoms with E-state index in [1.165, 1.54) is 17.0 Å². The van der Waals surface area contributed by atoms with Gasteiger partial charge < -0.3 is 10.0 Å². The van der Waals surface area contributed by atoms with Crippen molar-refractivity contribution in [2.24, 2.45) is 0 Å². The van der Waals surface area contributed by atoms with Crippen LogP contribution in [0.25, 0.3) is 0 Å². The first-order chi connectivity index (χ1) is 9.38. The van der Waals surface area contributed by atoms with Gasteiger partial charge in [0.2, 0.25) is 0 Å². The van der Waals surface area contributed by atoms with E-state index in [4.69, 9.17) is 9.29 Å². The minimum absolute atomic E-state index is 0.0838. The Bertz CT molecular complexity index is 581. The van der Waals surface area contributed by atoms with Crippen molar-refractivity contribution in [3.05, 3.63) is 29.8 Å². The first kappa shape index (κ1) is 14.8. The van der Waals surface area contributed by atoms with Gasteiger partial charge in [0, 0.05) is 6.54 Å². The number of piperidine rings is 1. The lowest BCUT2D eigenvalue weighted by atomic mass is 10.1. The molecule has 1 heterocycles. The van der Waals surface area contributed by atoms with E-state index in [1.807, 2.05) is 6.92 Å². The zero-order valence-corrected chi connectivity index (χ0v) is 12.0. The lowest BCUT2D eigenvalue weighted by Gasteiger charge is -2.30. The van der Waals surface area contributed by atoms with E-state index in [0.717, 1.165) is 5.56 Å². The van der Waals surface area contributed by atoms with Gasteiger partial charge in [-0.15, -0.1) is 0 Å². The predicted molar refractivity (Wildman–Crippen MR) is 72.1 cm³/mol. The summed E-state index contributed by atoms with van der Waals surface area (Å²) in [4.78, 5) is 12.2. The minimum atomic E-state index is -3.85. The van der Waals surface area contributed by atoms with Crippen LogP contribution in [0.3, 0.4) is 0 Å². The molecule has 6 nitrogen and oxygen atoms in total. The first-order valence-corrected chi connectivity index (χ1v) is 7.77. The molecule has 0 aromatic heterocycles. The highest BCUT2D eigenvalue weighted by Gasteiger charge is 2.28. The Morgan fingerprint density at radius 1 is 1.35 bits per heavy atom. The summed E-state index contributed by atoms with van der Waals surface area (Å²) in [6.07, 6.45) is -0.535. The van der Waals surface area contributed by atoms with Gasteiger partial charge in [-0.1, -0.05) is 17.7 Å². The lowest BCUT2D eigenvalue weighted by molar-refractivity contribution is 0.0822. The summed E-state index contributed by atoms with van der Waals surface area (Å²) >= 11 is 0. The van der Waals surface area contributed by atoms with Crippen molar-refractivity contribution in [1.29, 1.82) is 0 Å². The molecule has 0 bridgehead atoms. The summed E-state index contributed by atoms with van der Waals surface area (Å²) in [6.45, 7) is 2.36. The molecular weight excluding hydrogens is 282 g/mol. The molecule has 0 unspecified atom stereocenters. The van der Waals surface area contributed by atoms with E-state index in [9.17, 15) is 13.2 Å². The van der Waals surface area contributed by atoms with Crippen molar-refractivity contribution in [1.82, 2.24) is 4.90 Å². The molecule has 0 spiro atoms. The summed E-state index contributed by atoms with van der Waals surface area (Å²) in [7, 11) is -3.85. The lowest BCUT2D eigenvalue weighted by Crippen LogP contribution is -2.43. The molecule has 1 aromatic rings. The number of benzene rings is 1. The van der Waals surface area contributed by atoms with Gasteiger partial charge in [-0.05, 0) is 31.9 Å².